The number of hydrogen-bond acceptors (Lipinski definition) is 2. The van der Waals surface area contributed by atoms with Gasteiger partial charge in [-0.2, -0.15) is 0 Å². The molecule has 112 valence electrons. The van der Waals surface area contributed by atoms with Gasteiger partial charge in [-0.1, -0.05) is 36.2 Å². The molecule has 3 atom stereocenters. The minimum Gasteiger partial charge on any atom is -0.392 e. The first-order valence-electron chi connectivity index (χ1n) is 7.41. The van der Waals surface area contributed by atoms with Crippen LogP contribution in [0.15, 0.2) is 23.8 Å². The molecule has 1 saturated carbocycles. The number of benzene rings is 1. The van der Waals surface area contributed by atoms with Crippen LogP contribution in [0.5, 0.6) is 0 Å². The Bertz CT molecular complexity index is 621. The second-order valence-electron chi connectivity index (χ2n) is 6.01. The summed E-state index contributed by atoms with van der Waals surface area (Å²) in [6.45, 7) is 1.87. The summed E-state index contributed by atoms with van der Waals surface area (Å²) >= 11 is 12.1. The average molecular weight is 325 g/mol. The van der Waals surface area contributed by atoms with E-state index in [1.54, 1.807) is 6.07 Å². The Morgan fingerprint density at radius 3 is 2.71 bits per heavy atom. The molecule has 1 N–H and O–H groups in total. The fraction of sp³-hybridized carbons (Fsp3) is 0.471. The first kappa shape index (κ1) is 15.1. The maximum atomic E-state index is 12.4. The van der Waals surface area contributed by atoms with Gasteiger partial charge in [0.15, 0.2) is 5.78 Å². The second-order valence-corrected chi connectivity index (χ2v) is 6.83. The molecule has 1 aromatic carbocycles. The lowest BCUT2D eigenvalue weighted by Gasteiger charge is -2.26. The van der Waals surface area contributed by atoms with Gasteiger partial charge in [0.05, 0.1) is 16.1 Å². The number of ketones is 1. The number of carbonyl (C=O) groups is 1. The van der Waals surface area contributed by atoms with E-state index in [-0.39, 0.29) is 17.8 Å². The highest BCUT2D eigenvalue weighted by molar-refractivity contribution is 6.42. The summed E-state index contributed by atoms with van der Waals surface area (Å²) in [5.41, 5.74) is 2.83. The maximum absolute atomic E-state index is 12.4. The molecule has 3 unspecified atom stereocenters. The molecule has 1 fully saturated rings. The van der Waals surface area contributed by atoms with E-state index in [4.69, 9.17) is 23.2 Å². The third kappa shape index (κ3) is 2.65. The summed E-state index contributed by atoms with van der Waals surface area (Å²) in [6, 6.07) is 5.52. The van der Waals surface area contributed by atoms with Crippen molar-refractivity contribution in [1.82, 2.24) is 0 Å². The standard InChI is InChI=1S/C17H18Cl2O2/c1-2-15(20)17-11(5-9-6-12(17)16(21)7-9)10-3-4-13(18)14(19)8-10/h3-4,8-9,12,16,21H,2,5-7H2,1H3. The van der Waals surface area contributed by atoms with Crippen molar-refractivity contribution in [2.75, 3.05) is 0 Å². The van der Waals surface area contributed by atoms with Crippen LogP contribution in [0.1, 0.15) is 38.2 Å². The first-order valence-corrected chi connectivity index (χ1v) is 8.16. The average Bonchev–Trinajstić information content (AvgIpc) is 2.76. The molecule has 2 aliphatic carbocycles. The van der Waals surface area contributed by atoms with Crippen LogP contribution in [0.3, 0.4) is 0 Å². The number of carbonyl (C=O) groups excluding carboxylic acids is 1. The SMILES string of the molecule is CCC(=O)C1=C(c2ccc(Cl)c(Cl)c2)CC2CC(O)C1C2. The Hall–Kier alpha value is -0.830. The van der Waals surface area contributed by atoms with Gasteiger partial charge in [0, 0.05) is 17.9 Å². The predicted octanol–water partition coefficient (Wildman–Crippen LogP) is 4.52. The smallest absolute Gasteiger partial charge is 0.159 e. The van der Waals surface area contributed by atoms with E-state index >= 15 is 0 Å². The van der Waals surface area contributed by atoms with E-state index in [1.807, 2.05) is 19.1 Å². The molecule has 2 aliphatic rings. The summed E-state index contributed by atoms with van der Waals surface area (Å²) in [4.78, 5) is 12.4. The second kappa shape index (κ2) is 5.75. The Morgan fingerprint density at radius 1 is 1.29 bits per heavy atom. The summed E-state index contributed by atoms with van der Waals surface area (Å²) in [6.07, 6.45) is 2.63. The van der Waals surface area contributed by atoms with Crippen molar-refractivity contribution in [2.24, 2.45) is 11.8 Å². The van der Waals surface area contributed by atoms with Crippen molar-refractivity contribution >= 4 is 34.6 Å². The lowest BCUT2D eigenvalue weighted by molar-refractivity contribution is -0.116. The molecule has 0 radical (unpaired) electrons. The summed E-state index contributed by atoms with van der Waals surface area (Å²) in [7, 11) is 0. The molecule has 2 nitrogen and oxygen atoms in total. The van der Waals surface area contributed by atoms with Crippen LogP contribution in [-0.2, 0) is 4.79 Å². The molecule has 21 heavy (non-hydrogen) atoms. The summed E-state index contributed by atoms with van der Waals surface area (Å²) in [5.74, 6) is 0.587. The molecule has 3 rings (SSSR count). The third-order valence-corrected chi connectivity index (χ3v) is 5.44. The van der Waals surface area contributed by atoms with Crippen molar-refractivity contribution in [1.29, 1.82) is 0 Å². The fourth-order valence-electron chi connectivity index (χ4n) is 3.74. The van der Waals surface area contributed by atoms with Gasteiger partial charge < -0.3 is 5.11 Å². The number of aliphatic hydroxyl groups excluding tert-OH is 1. The lowest BCUT2D eigenvalue weighted by atomic mass is 9.77. The number of fused-ring (bicyclic) bond motifs is 2. The third-order valence-electron chi connectivity index (χ3n) is 4.70. The van der Waals surface area contributed by atoms with Gasteiger partial charge in [0.25, 0.3) is 0 Å². The van der Waals surface area contributed by atoms with E-state index in [2.05, 4.69) is 0 Å². The van der Waals surface area contributed by atoms with Gasteiger partial charge >= 0.3 is 0 Å². The molecular weight excluding hydrogens is 307 g/mol. The maximum Gasteiger partial charge on any atom is 0.159 e. The predicted molar refractivity (Wildman–Crippen MR) is 85.5 cm³/mol. The zero-order chi connectivity index (χ0) is 15.1. The topological polar surface area (TPSA) is 37.3 Å². The van der Waals surface area contributed by atoms with Gasteiger partial charge in [-0.25, -0.2) is 0 Å². The molecule has 0 aliphatic heterocycles. The van der Waals surface area contributed by atoms with E-state index in [9.17, 15) is 9.90 Å². The first-order chi connectivity index (χ1) is 10.0. The van der Waals surface area contributed by atoms with Crippen LogP contribution in [0.4, 0.5) is 0 Å². The number of Topliss-reactive ketones (excluding diaryl/α,β-unsaturated/α-hetero) is 1. The number of hydrogen-bond donors (Lipinski definition) is 1. The highest BCUT2D eigenvalue weighted by Crippen LogP contribution is 2.49. The van der Waals surface area contributed by atoms with E-state index in [1.165, 1.54) is 0 Å². The number of halogens is 2. The Labute approximate surface area is 134 Å². The quantitative estimate of drug-likeness (QED) is 0.887. The van der Waals surface area contributed by atoms with Gasteiger partial charge in [0.2, 0.25) is 0 Å². The molecule has 4 heteroatoms. The lowest BCUT2D eigenvalue weighted by Crippen LogP contribution is -2.23. The molecule has 0 aromatic heterocycles. The van der Waals surface area contributed by atoms with E-state index in [0.717, 1.165) is 36.0 Å². The largest absolute Gasteiger partial charge is 0.392 e. The van der Waals surface area contributed by atoms with Crippen LogP contribution in [0, 0.1) is 11.8 Å². The van der Waals surface area contributed by atoms with Crippen LogP contribution in [0.25, 0.3) is 5.57 Å². The van der Waals surface area contributed by atoms with Crippen LogP contribution in [-0.4, -0.2) is 17.0 Å². The van der Waals surface area contributed by atoms with Crippen molar-refractivity contribution < 1.29 is 9.90 Å². The van der Waals surface area contributed by atoms with Crippen LogP contribution < -0.4 is 0 Å². The Morgan fingerprint density at radius 2 is 2.05 bits per heavy atom. The zero-order valence-electron chi connectivity index (χ0n) is 11.9. The monoisotopic (exact) mass is 324 g/mol. The van der Waals surface area contributed by atoms with Gasteiger partial charge in [0.1, 0.15) is 0 Å². The van der Waals surface area contributed by atoms with Gasteiger partial charge in [-0.3, -0.25) is 4.79 Å². The summed E-state index contributed by atoms with van der Waals surface area (Å²) < 4.78 is 0. The van der Waals surface area contributed by atoms with E-state index < -0.39 is 0 Å². The van der Waals surface area contributed by atoms with Crippen molar-refractivity contribution in [3.8, 4) is 0 Å². The van der Waals surface area contributed by atoms with Gasteiger partial charge in [-0.15, -0.1) is 0 Å². The molecule has 0 heterocycles. The zero-order valence-corrected chi connectivity index (χ0v) is 13.4. The molecule has 2 bridgehead atoms. The minimum absolute atomic E-state index is 0.0133. The molecule has 0 saturated heterocycles. The number of allylic oxidation sites excluding steroid dienone is 1. The highest BCUT2D eigenvalue weighted by atomic mass is 35.5. The fourth-order valence-corrected chi connectivity index (χ4v) is 4.04. The normalized spacial score (nSPS) is 28.1. The van der Waals surface area contributed by atoms with Crippen molar-refractivity contribution in [3.63, 3.8) is 0 Å². The molecule has 1 aromatic rings. The van der Waals surface area contributed by atoms with Crippen LogP contribution in [0.2, 0.25) is 10.0 Å². The molecule has 0 spiro atoms. The highest BCUT2D eigenvalue weighted by Gasteiger charge is 2.42. The van der Waals surface area contributed by atoms with Gasteiger partial charge in [-0.05, 0) is 48.4 Å². The van der Waals surface area contributed by atoms with Crippen molar-refractivity contribution in [2.45, 2.75) is 38.7 Å². The Kier molecular flexibility index (Phi) is 4.13. The Balaban J connectivity index is 2.12. The number of rotatable bonds is 3. The van der Waals surface area contributed by atoms with Crippen molar-refractivity contribution in [3.05, 3.63) is 39.4 Å². The van der Waals surface area contributed by atoms with Crippen LogP contribution >= 0.6 is 23.2 Å². The minimum atomic E-state index is -0.388. The summed E-state index contributed by atoms with van der Waals surface area (Å²) in [5, 5.41) is 11.3. The number of aliphatic hydroxyl groups is 1. The molecule has 0 amide bonds. The van der Waals surface area contributed by atoms with E-state index in [0.29, 0.717) is 22.4 Å². The molecular formula is C17H18Cl2O2.